The van der Waals surface area contributed by atoms with Crippen molar-refractivity contribution in [2.24, 2.45) is 0 Å². The molecule has 0 aromatic heterocycles. The van der Waals surface area contributed by atoms with Crippen LogP contribution in [0.25, 0.3) is 0 Å². The molecule has 18 heavy (non-hydrogen) atoms. The van der Waals surface area contributed by atoms with E-state index < -0.39 is 0 Å². The molecule has 1 aliphatic heterocycles. The van der Waals surface area contributed by atoms with Gasteiger partial charge in [-0.2, -0.15) is 0 Å². The molecule has 3 rings (SSSR count). The average Bonchev–Trinajstić information content (AvgIpc) is 2.39. The standard InChI is InChI=1S/C15H12ClFS/c16-11-3-1-10(2-4-11)13-7-8-18-15-6-5-12(17)9-14(13)15/h1-6,9,13H,7-8H2. The van der Waals surface area contributed by atoms with Crippen molar-refractivity contribution in [1.82, 2.24) is 0 Å². The molecular weight excluding hydrogens is 267 g/mol. The molecule has 1 atom stereocenters. The van der Waals surface area contributed by atoms with Crippen molar-refractivity contribution in [2.75, 3.05) is 5.75 Å². The van der Waals surface area contributed by atoms with E-state index in [4.69, 9.17) is 11.6 Å². The van der Waals surface area contributed by atoms with Crippen LogP contribution in [0.2, 0.25) is 5.02 Å². The zero-order valence-electron chi connectivity index (χ0n) is 9.70. The Balaban J connectivity index is 2.05. The van der Waals surface area contributed by atoms with Gasteiger partial charge in [0, 0.05) is 15.8 Å². The van der Waals surface area contributed by atoms with Gasteiger partial charge in [0.25, 0.3) is 0 Å². The Hall–Kier alpha value is -0.990. The second kappa shape index (κ2) is 4.94. The summed E-state index contributed by atoms with van der Waals surface area (Å²) in [4.78, 5) is 1.20. The number of benzene rings is 2. The van der Waals surface area contributed by atoms with Gasteiger partial charge in [-0.15, -0.1) is 11.8 Å². The van der Waals surface area contributed by atoms with Gasteiger partial charge in [0.1, 0.15) is 5.82 Å². The minimum absolute atomic E-state index is 0.157. The van der Waals surface area contributed by atoms with Crippen LogP contribution in [0.3, 0.4) is 0 Å². The molecule has 0 nitrogen and oxygen atoms in total. The van der Waals surface area contributed by atoms with E-state index in [2.05, 4.69) is 0 Å². The molecule has 92 valence electrons. The third-order valence-electron chi connectivity index (χ3n) is 3.28. The van der Waals surface area contributed by atoms with E-state index in [1.807, 2.05) is 30.3 Å². The number of fused-ring (bicyclic) bond motifs is 1. The fraction of sp³-hybridized carbons (Fsp3) is 0.200. The Bertz CT molecular complexity index is 565. The van der Waals surface area contributed by atoms with Crippen LogP contribution in [0.4, 0.5) is 4.39 Å². The maximum absolute atomic E-state index is 13.4. The molecular formula is C15H12ClFS. The van der Waals surface area contributed by atoms with Gasteiger partial charge in [0.05, 0.1) is 0 Å². The van der Waals surface area contributed by atoms with Crippen molar-refractivity contribution in [3.8, 4) is 0 Å². The molecule has 0 fully saturated rings. The Morgan fingerprint density at radius 2 is 1.89 bits per heavy atom. The van der Waals surface area contributed by atoms with E-state index >= 15 is 0 Å². The van der Waals surface area contributed by atoms with E-state index in [1.54, 1.807) is 17.8 Å². The number of rotatable bonds is 1. The van der Waals surface area contributed by atoms with Crippen LogP contribution < -0.4 is 0 Å². The van der Waals surface area contributed by atoms with Gasteiger partial charge in [0.15, 0.2) is 0 Å². The van der Waals surface area contributed by atoms with Gasteiger partial charge >= 0.3 is 0 Å². The van der Waals surface area contributed by atoms with Crippen molar-refractivity contribution in [3.05, 3.63) is 64.4 Å². The highest BCUT2D eigenvalue weighted by molar-refractivity contribution is 7.99. The van der Waals surface area contributed by atoms with E-state index in [0.29, 0.717) is 0 Å². The molecule has 0 spiro atoms. The second-order valence-corrected chi connectivity index (χ2v) is 6.00. The maximum atomic E-state index is 13.4. The SMILES string of the molecule is Fc1ccc2c(c1)C(c1ccc(Cl)cc1)CCS2. The molecule has 0 N–H and O–H groups in total. The molecule has 1 unspecified atom stereocenters. The molecule has 0 saturated carbocycles. The van der Waals surface area contributed by atoms with Crippen molar-refractivity contribution >= 4 is 23.4 Å². The van der Waals surface area contributed by atoms with Crippen LogP contribution in [0.15, 0.2) is 47.4 Å². The summed E-state index contributed by atoms with van der Waals surface area (Å²) in [5.41, 5.74) is 2.32. The summed E-state index contributed by atoms with van der Waals surface area (Å²) in [6.45, 7) is 0. The molecule has 2 aromatic carbocycles. The van der Waals surface area contributed by atoms with Crippen LogP contribution in [-0.2, 0) is 0 Å². The molecule has 1 aliphatic rings. The highest BCUT2D eigenvalue weighted by Crippen LogP contribution is 2.41. The lowest BCUT2D eigenvalue weighted by molar-refractivity contribution is 0.618. The maximum Gasteiger partial charge on any atom is 0.123 e. The lowest BCUT2D eigenvalue weighted by Crippen LogP contribution is -2.09. The highest BCUT2D eigenvalue weighted by Gasteiger charge is 2.22. The van der Waals surface area contributed by atoms with Crippen molar-refractivity contribution in [3.63, 3.8) is 0 Å². The largest absolute Gasteiger partial charge is 0.207 e. The lowest BCUT2D eigenvalue weighted by atomic mass is 9.88. The highest BCUT2D eigenvalue weighted by atomic mass is 35.5. The predicted octanol–water partition coefficient (Wildman–Crippen LogP) is 5.11. The first kappa shape index (κ1) is 12.1. The van der Waals surface area contributed by atoms with E-state index in [1.165, 1.54) is 16.5 Å². The summed E-state index contributed by atoms with van der Waals surface area (Å²) in [5.74, 6) is 1.20. The first-order valence-corrected chi connectivity index (χ1v) is 7.28. The number of hydrogen-bond acceptors (Lipinski definition) is 1. The summed E-state index contributed by atoms with van der Waals surface area (Å²) < 4.78 is 13.4. The molecule has 3 heteroatoms. The minimum atomic E-state index is -0.157. The Kier molecular flexibility index (Phi) is 3.31. The molecule has 2 aromatic rings. The van der Waals surface area contributed by atoms with Crippen LogP contribution in [0, 0.1) is 5.82 Å². The molecule has 0 amide bonds. The number of hydrogen-bond donors (Lipinski definition) is 0. The summed E-state index contributed by atoms with van der Waals surface area (Å²) in [5, 5.41) is 0.739. The van der Waals surface area contributed by atoms with Gasteiger partial charge in [-0.05, 0) is 53.6 Å². The van der Waals surface area contributed by atoms with E-state index in [-0.39, 0.29) is 11.7 Å². The van der Waals surface area contributed by atoms with Gasteiger partial charge in [-0.1, -0.05) is 23.7 Å². The third-order valence-corrected chi connectivity index (χ3v) is 4.66. The van der Waals surface area contributed by atoms with Crippen LogP contribution in [0.1, 0.15) is 23.5 Å². The first-order valence-electron chi connectivity index (χ1n) is 5.92. The molecule has 0 saturated heterocycles. The Morgan fingerprint density at radius 1 is 1.11 bits per heavy atom. The van der Waals surface area contributed by atoms with E-state index in [0.717, 1.165) is 22.8 Å². The third kappa shape index (κ3) is 2.27. The zero-order chi connectivity index (χ0) is 12.5. The summed E-state index contributed by atoms with van der Waals surface area (Å²) in [7, 11) is 0. The fourth-order valence-electron chi connectivity index (χ4n) is 2.41. The van der Waals surface area contributed by atoms with Gasteiger partial charge in [0.2, 0.25) is 0 Å². The van der Waals surface area contributed by atoms with Crippen molar-refractivity contribution < 1.29 is 4.39 Å². The summed E-state index contributed by atoms with van der Waals surface area (Å²) >= 11 is 7.72. The Morgan fingerprint density at radius 3 is 2.67 bits per heavy atom. The Labute approximate surface area is 115 Å². The fourth-order valence-corrected chi connectivity index (χ4v) is 3.64. The number of thioether (sulfide) groups is 1. The molecule has 0 radical (unpaired) electrons. The average molecular weight is 279 g/mol. The normalized spacial score (nSPS) is 18.4. The minimum Gasteiger partial charge on any atom is -0.207 e. The molecule has 0 aliphatic carbocycles. The smallest absolute Gasteiger partial charge is 0.123 e. The lowest BCUT2D eigenvalue weighted by Gasteiger charge is -2.25. The van der Waals surface area contributed by atoms with E-state index in [9.17, 15) is 4.39 Å². The number of halogens is 2. The van der Waals surface area contributed by atoms with Gasteiger partial charge in [-0.25, -0.2) is 4.39 Å². The predicted molar refractivity (Wildman–Crippen MR) is 75.0 cm³/mol. The topological polar surface area (TPSA) is 0 Å². The van der Waals surface area contributed by atoms with Gasteiger partial charge in [-0.3, -0.25) is 0 Å². The summed E-state index contributed by atoms with van der Waals surface area (Å²) in [6, 6.07) is 13.0. The second-order valence-electron chi connectivity index (χ2n) is 4.42. The van der Waals surface area contributed by atoms with Crippen LogP contribution >= 0.6 is 23.4 Å². The zero-order valence-corrected chi connectivity index (χ0v) is 11.3. The first-order chi connectivity index (χ1) is 8.74. The van der Waals surface area contributed by atoms with Crippen molar-refractivity contribution in [2.45, 2.75) is 17.2 Å². The molecule has 1 heterocycles. The summed E-state index contributed by atoms with van der Waals surface area (Å²) in [6.07, 6.45) is 1.04. The van der Waals surface area contributed by atoms with Gasteiger partial charge < -0.3 is 0 Å². The van der Waals surface area contributed by atoms with Crippen LogP contribution in [0.5, 0.6) is 0 Å². The monoisotopic (exact) mass is 278 g/mol. The van der Waals surface area contributed by atoms with Crippen LogP contribution in [-0.4, -0.2) is 5.75 Å². The molecule has 0 bridgehead atoms. The van der Waals surface area contributed by atoms with Crippen molar-refractivity contribution in [1.29, 1.82) is 0 Å². The quantitative estimate of drug-likeness (QED) is 0.699.